The van der Waals surface area contributed by atoms with E-state index in [1.54, 1.807) is 16.4 Å². The lowest BCUT2D eigenvalue weighted by atomic mass is 10.1. The van der Waals surface area contributed by atoms with E-state index in [9.17, 15) is 0 Å². The average Bonchev–Trinajstić information content (AvgIpc) is 2.93. The first-order valence-corrected chi connectivity index (χ1v) is 9.11. The first-order valence-electron chi connectivity index (χ1n) is 7.33. The summed E-state index contributed by atoms with van der Waals surface area (Å²) in [5.74, 6) is 7.75. The van der Waals surface area contributed by atoms with E-state index in [0.29, 0.717) is 0 Å². The highest BCUT2D eigenvalue weighted by Crippen LogP contribution is 2.22. The normalized spacial score (nSPS) is 10.8. The van der Waals surface area contributed by atoms with Crippen LogP contribution in [0, 0.1) is 0 Å². The van der Waals surface area contributed by atoms with Crippen LogP contribution in [0.15, 0.2) is 64.2 Å². The molecule has 23 heavy (non-hydrogen) atoms. The van der Waals surface area contributed by atoms with Crippen LogP contribution >= 0.6 is 27.7 Å². The molecule has 0 aliphatic rings. The molecule has 0 aliphatic carbocycles. The van der Waals surface area contributed by atoms with Gasteiger partial charge in [0.15, 0.2) is 5.82 Å². The molecule has 0 aliphatic heterocycles. The number of benzene rings is 2. The zero-order valence-electron chi connectivity index (χ0n) is 12.5. The Labute approximate surface area is 148 Å². The lowest BCUT2D eigenvalue weighted by molar-refractivity contribution is 0.767. The van der Waals surface area contributed by atoms with Crippen molar-refractivity contribution in [2.24, 2.45) is 0 Å². The molecule has 6 heteroatoms. The minimum Gasteiger partial charge on any atom is -0.336 e. The maximum Gasteiger partial charge on any atom is 0.210 e. The van der Waals surface area contributed by atoms with Crippen LogP contribution in [0.25, 0.3) is 0 Å². The van der Waals surface area contributed by atoms with Crippen molar-refractivity contribution in [1.29, 1.82) is 0 Å². The van der Waals surface area contributed by atoms with Crippen LogP contribution in [-0.4, -0.2) is 14.9 Å². The van der Waals surface area contributed by atoms with E-state index in [0.717, 1.165) is 34.0 Å². The molecule has 4 nitrogen and oxygen atoms in total. The van der Waals surface area contributed by atoms with Gasteiger partial charge in [0.25, 0.3) is 0 Å². The van der Waals surface area contributed by atoms with E-state index in [1.165, 1.54) is 11.1 Å². The third-order valence-electron chi connectivity index (χ3n) is 3.50. The minimum absolute atomic E-state index is 0.746. The number of hydrogen-bond donors (Lipinski definition) is 1. The SMILES string of the molecule is Nn1c(CCc2ccccc2)nnc1SCc1ccc(Br)cc1. The second-order valence-electron chi connectivity index (χ2n) is 5.17. The van der Waals surface area contributed by atoms with E-state index in [-0.39, 0.29) is 0 Å². The summed E-state index contributed by atoms with van der Waals surface area (Å²) in [5, 5.41) is 9.17. The number of aromatic nitrogens is 3. The van der Waals surface area contributed by atoms with Crippen LogP contribution in [0.5, 0.6) is 0 Å². The molecule has 1 aromatic heterocycles. The smallest absolute Gasteiger partial charge is 0.210 e. The van der Waals surface area contributed by atoms with Crippen LogP contribution in [0.3, 0.4) is 0 Å². The fourth-order valence-corrected chi connectivity index (χ4v) is 3.30. The quantitative estimate of drug-likeness (QED) is 0.514. The summed E-state index contributed by atoms with van der Waals surface area (Å²) in [4.78, 5) is 0. The van der Waals surface area contributed by atoms with Crippen LogP contribution in [0.2, 0.25) is 0 Å². The molecule has 0 atom stereocenters. The number of hydrogen-bond acceptors (Lipinski definition) is 4. The molecule has 118 valence electrons. The second-order valence-corrected chi connectivity index (χ2v) is 7.03. The monoisotopic (exact) mass is 388 g/mol. The fourth-order valence-electron chi connectivity index (χ4n) is 2.21. The standard InChI is InChI=1S/C17H17BrN4S/c18-15-9-6-14(7-10-15)12-23-17-21-20-16(22(17)19)11-8-13-4-2-1-3-5-13/h1-7,9-10H,8,11-12,19H2. The van der Waals surface area contributed by atoms with Crippen LogP contribution in [0.1, 0.15) is 17.0 Å². The maximum atomic E-state index is 6.12. The Morgan fingerprint density at radius 2 is 1.65 bits per heavy atom. The fraction of sp³-hybridized carbons (Fsp3) is 0.176. The molecule has 0 radical (unpaired) electrons. The average molecular weight is 389 g/mol. The first kappa shape index (κ1) is 16.1. The predicted molar refractivity (Wildman–Crippen MR) is 97.7 cm³/mol. The van der Waals surface area contributed by atoms with E-state index < -0.39 is 0 Å². The number of rotatable bonds is 6. The second kappa shape index (κ2) is 7.66. The van der Waals surface area contributed by atoms with Crippen molar-refractivity contribution in [2.75, 3.05) is 5.84 Å². The summed E-state index contributed by atoms with van der Waals surface area (Å²) in [6.07, 6.45) is 1.69. The number of halogens is 1. The van der Waals surface area contributed by atoms with Crippen molar-refractivity contribution in [3.05, 3.63) is 76.0 Å². The Balaban J connectivity index is 1.59. The van der Waals surface area contributed by atoms with Gasteiger partial charge in [-0.2, -0.15) is 0 Å². The molecule has 3 aromatic rings. The first-order chi connectivity index (χ1) is 11.2. The summed E-state index contributed by atoms with van der Waals surface area (Å²) >= 11 is 5.04. The number of nitrogen functional groups attached to an aromatic ring is 1. The van der Waals surface area contributed by atoms with Gasteiger partial charge in [-0.05, 0) is 29.7 Å². The largest absolute Gasteiger partial charge is 0.336 e. The van der Waals surface area contributed by atoms with Gasteiger partial charge < -0.3 is 5.84 Å². The lowest BCUT2D eigenvalue weighted by Crippen LogP contribution is -2.14. The van der Waals surface area contributed by atoms with Gasteiger partial charge in [-0.15, -0.1) is 10.2 Å². The van der Waals surface area contributed by atoms with Crippen molar-refractivity contribution >= 4 is 27.7 Å². The zero-order valence-corrected chi connectivity index (χ0v) is 14.9. The molecule has 2 N–H and O–H groups in total. The molecule has 0 saturated carbocycles. The van der Waals surface area contributed by atoms with Gasteiger partial charge in [-0.25, -0.2) is 4.68 Å². The lowest BCUT2D eigenvalue weighted by Gasteiger charge is -2.04. The maximum absolute atomic E-state index is 6.12. The van der Waals surface area contributed by atoms with Crippen molar-refractivity contribution in [1.82, 2.24) is 14.9 Å². The zero-order chi connectivity index (χ0) is 16.1. The van der Waals surface area contributed by atoms with Gasteiger partial charge in [-0.3, -0.25) is 0 Å². The number of aryl methyl sites for hydroxylation is 2. The molecular weight excluding hydrogens is 372 g/mol. The van der Waals surface area contributed by atoms with Crippen LogP contribution < -0.4 is 5.84 Å². The topological polar surface area (TPSA) is 56.7 Å². The molecular formula is C17H17BrN4S. The molecule has 0 saturated heterocycles. The summed E-state index contributed by atoms with van der Waals surface area (Å²) in [7, 11) is 0. The molecule has 0 bridgehead atoms. The van der Waals surface area contributed by atoms with Crippen LogP contribution in [-0.2, 0) is 18.6 Å². The van der Waals surface area contributed by atoms with Crippen LogP contribution in [0.4, 0.5) is 0 Å². The Bertz CT molecular complexity index is 756. The summed E-state index contributed by atoms with van der Waals surface area (Å²) < 4.78 is 2.68. The van der Waals surface area contributed by atoms with Gasteiger partial charge in [0.05, 0.1) is 0 Å². The van der Waals surface area contributed by atoms with Crippen molar-refractivity contribution in [3.63, 3.8) is 0 Å². The van der Waals surface area contributed by atoms with Gasteiger partial charge in [0.1, 0.15) is 0 Å². The molecule has 2 aromatic carbocycles. The summed E-state index contributed by atoms with van der Waals surface area (Å²) in [5.41, 5.74) is 2.51. The molecule has 0 spiro atoms. The Morgan fingerprint density at radius 3 is 2.39 bits per heavy atom. The Morgan fingerprint density at radius 1 is 0.913 bits per heavy atom. The van der Waals surface area contributed by atoms with E-state index in [1.807, 2.05) is 30.3 Å². The van der Waals surface area contributed by atoms with Gasteiger partial charge in [0, 0.05) is 16.6 Å². The highest BCUT2D eigenvalue weighted by Gasteiger charge is 2.10. The number of thioether (sulfide) groups is 1. The molecule has 0 amide bonds. The van der Waals surface area contributed by atoms with Crippen molar-refractivity contribution < 1.29 is 0 Å². The van der Waals surface area contributed by atoms with E-state index >= 15 is 0 Å². The molecule has 3 rings (SSSR count). The number of nitrogens with zero attached hydrogens (tertiary/aromatic N) is 3. The minimum atomic E-state index is 0.746. The Kier molecular flexibility index (Phi) is 5.35. The highest BCUT2D eigenvalue weighted by atomic mass is 79.9. The van der Waals surface area contributed by atoms with E-state index in [2.05, 4.69) is 50.4 Å². The van der Waals surface area contributed by atoms with Crippen molar-refractivity contribution in [2.45, 2.75) is 23.8 Å². The summed E-state index contributed by atoms with van der Waals surface area (Å²) in [6.45, 7) is 0. The molecule has 1 heterocycles. The Hall–Kier alpha value is -1.79. The van der Waals surface area contributed by atoms with Gasteiger partial charge >= 0.3 is 0 Å². The predicted octanol–water partition coefficient (Wildman–Crippen LogP) is 3.83. The third kappa shape index (κ3) is 4.36. The number of nitrogens with two attached hydrogens (primary N) is 1. The third-order valence-corrected chi connectivity index (χ3v) is 5.04. The molecule has 0 unspecified atom stereocenters. The summed E-state index contributed by atoms with van der Waals surface area (Å²) in [6, 6.07) is 18.6. The van der Waals surface area contributed by atoms with Crippen molar-refractivity contribution in [3.8, 4) is 0 Å². The van der Waals surface area contributed by atoms with Gasteiger partial charge in [0.2, 0.25) is 5.16 Å². The molecule has 0 fully saturated rings. The highest BCUT2D eigenvalue weighted by molar-refractivity contribution is 9.10. The van der Waals surface area contributed by atoms with E-state index in [4.69, 9.17) is 5.84 Å². The van der Waals surface area contributed by atoms with Gasteiger partial charge in [-0.1, -0.05) is 70.2 Å².